The van der Waals surface area contributed by atoms with Crippen molar-refractivity contribution in [2.45, 2.75) is 70.6 Å². The van der Waals surface area contributed by atoms with Gasteiger partial charge in [0.2, 0.25) is 5.71 Å². The van der Waals surface area contributed by atoms with Crippen molar-refractivity contribution >= 4 is 61.5 Å². The number of hydrogen-bond acceptors (Lipinski definition) is 4. The zero-order valence-electron chi connectivity index (χ0n) is 40.0. The molecule has 0 N–H and O–H groups in total. The Morgan fingerprint density at radius 3 is 2.27 bits per heavy atom. The van der Waals surface area contributed by atoms with Gasteiger partial charge in [-0.05, 0) is 42.1 Å². The second kappa shape index (κ2) is 18.1. The van der Waals surface area contributed by atoms with E-state index in [1.807, 2.05) is 63.4 Å². The van der Waals surface area contributed by atoms with Crippen LogP contribution in [-0.2, 0) is 31.9 Å². The minimum absolute atomic E-state index is 0. The van der Waals surface area contributed by atoms with E-state index in [0.29, 0.717) is 5.71 Å². The topological polar surface area (TPSA) is 56.7 Å². The fourth-order valence-electron chi connectivity index (χ4n) is 8.36. The van der Waals surface area contributed by atoms with Gasteiger partial charge >= 0.3 is 154 Å². The molecule has 7 heteroatoms. The predicted molar refractivity (Wildman–Crippen MR) is 267 cm³/mol. The van der Waals surface area contributed by atoms with Crippen LogP contribution in [0.25, 0.3) is 83.3 Å². The summed E-state index contributed by atoms with van der Waals surface area (Å²) in [5.41, 5.74) is 12.3. The summed E-state index contributed by atoms with van der Waals surface area (Å²) in [6.07, 6.45) is 0.565. The maximum absolute atomic E-state index is 8.70. The monoisotopic (exact) mass is 1080 g/mol. The Morgan fingerprint density at radius 2 is 1.50 bits per heavy atom. The van der Waals surface area contributed by atoms with E-state index >= 15 is 0 Å². The van der Waals surface area contributed by atoms with E-state index < -0.39 is 19.6 Å². The van der Waals surface area contributed by atoms with E-state index in [0.717, 1.165) is 87.9 Å². The molecule has 0 spiro atoms. The number of aryl methyl sites for hydroxylation is 1. The van der Waals surface area contributed by atoms with Gasteiger partial charge in [-0.2, -0.15) is 0 Å². The van der Waals surface area contributed by atoms with Gasteiger partial charge in [0.1, 0.15) is 0 Å². The molecule has 1 radical (unpaired) electrons. The average Bonchev–Trinajstić information content (AvgIpc) is 3.86. The third-order valence-electron chi connectivity index (χ3n) is 11.5. The fraction of sp³-hybridized carbons (Fsp3) is 0.211. The van der Waals surface area contributed by atoms with Gasteiger partial charge < -0.3 is 8.98 Å². The first-order valence-electron chi connectivity index (χ1n) is 22.8. The normalized spacial score (nSPS) is 12.6. The fourth-order valence-corrected chi connectivity index (χ4v) is 11.3. The Hall–Kier alpha value is -5.66. The number of rotatable bonds is 7. The summed E-state index contributed by atoms with van der Waals surface area (Å²) in [6, 6.07) is 54.8. The standard InChI is InChI=1S/C35H22N3O.C22H32GeN.Ir/c1-22-18-20-28-27-14-9-15-29(33(27)39-35(28)36-22)34-37-30-16-7-8-17-31(30)38(34)32-25-13-6-5-12-24(25)19-21-26(32)23-10-3-2-4-11-23;1-16(2)12-18-14-21(24-15-20(18)23(6,7)8)17-10-9-11-19(13-17)22(3,4)5;/h2-14,16-21H,1H3;9,11,13-16H,12H2,1-8H3;/q2*-1;/i;12D2;. The third kappa shape index (κ3) is 8.89. The van der Waals surface area contributed by atoms with E-state index in [2.05, 4.69) is 163 Å². The van der Waals surface area contributed by atoms with Crippen molar-refractivity contribution in [3.63, 3.8) is 0 Å². The van der Waals surface area contributed by atoms with Crippen LogP contribution in [0.3, 0.4) is 0 Å². The Balaban J connectivity index is 0.000000193. The molecule has 0 aliphatic heterocycles. The first kappa shape index (κ1) is 42.3. The van der Waals surface area contributed by atoms with Crippen LogP contribution in [0.15, 0.2) is 150 Å². The molecule has 0 saturated carbocycles. The first-order valence-corrected chi connectivity index (χ1v) is 29.1. The molecule has 0 aliphatic rings. The van der Waals surface area contributed by atoms with Crippen molar-refractivity contribution in [2.75, 3.05) is 0 Å². The molecule has 10 rings (SSSR count). The predicted octanol–water partition coefficient (Wildman–Crippen LogP) is 14.5. The van der Waals surface area contributed by atoms with Crippen molar-refractivity contribution < 1.29 is 27.3 Å². The van der Waals surface area contributed by atoms with Crippen LogP contribution in [-0.4, -0.2) is 32.8 Å². The number of pyridine rings is 2. The van der Waals surface area contributed by atoms with Crippen LogP contribution in [0.4, 0.5) is 0 Å². The summed E-state index contributed by atoms with van der Waals surface area (Å²) in [6.45, 7) is 12.5. The largest absolute Gasteiger partial charge is 0 e. The van der Waals surface area contributed by atoms with Crippen LogP contribution in [0.1, 0.15) is 54.2 Å². The Bertz CT molecular complexity index is 3380. The van der Waals surface area contributed by atoms with E-state index in [4.69, 9.17) is 17.1 Å². The number of benzene rings is 6. The van der Waals surface area contributed by atoms with Gasteiger partial charge in [-0.25, -0.2) is 4.98 Å². The molecule has 0 aliphatic carbocycles. The molecule has 0 saturated heterocycles. The summed E-state index contributed by atoms with van der Waals surface area (Å²) in [5, 5.41) is 4.31. The zero-order chi connectivity index (χ0) is 45.8. The van der Waals surface area contributed by atoms with Gasteiger partial charge in [0, 0.05) is 42.1 Å². The summed E-state index contributed by atoms with van der Waals surface area (Å²) >= 11 is -2.25. The van der Waals surface area contributed by atoms with E-state index in [1.54, 1.807) is 0 Å². The molecule has 10 aromatic rings. The van der Waals surface area contributed by atoms with Gasteiger partial charge in [-0.3, -0.25) is 4.98 Å². The number of furan rings is 1. The third-order valence-corrected chi connectivity index (χ3v) is 15.8. The SMILES string of the molecule is Cc1ccc2c(n1)oc1c(-c3nc4ccccc4n3-c3c(-c4ccccc4)ccc4ccccc34)[c-]ccc12.[2H]C([2H])(c1cc(-c2[c-]ccc(C(C)(C)C)c2)nc[c]1[Ge]([CH3])([CH3])[CH3])C(C)C.[Ir]. The van der Waals surface area contributed by atoms with E-state index in [1.165, 1.54) is 10.9 Å². The minimum Gasteiger partial charge on any atom is 0 e. The van der Waals surface area contributed by atoms with E-state index in [9.17, 15) is 0 Å². The van der Waals surface area contributed by atoms with Gasteiger partial charge in [0.15, 0.2) is 0 Å². The summed E-state index contributed by atoms with van der Waals surface area (Å²) in [4.78, 5) is 14.6. The Kier molecular flexibility index (Phi) is 11.9. The second-order valence-corrected chi connectivity index (χ2v) is 29.3. The molecule has 0 atom stereocenters. The van der Waals surface area contributed by atoms with Crippen molar-refractivity contribution in [2.24, 2.45) is 5.92 Å². The molecule has 64 heavy (non-hydrogen) atoms. The van der Waals surface area contributed by atoms with Gasteiger partial charge in [0.25, 0.3) is 0 Å². The van der Waals surface area contributed by atoms with Crippen LogP contribution in [0.5, 0.6) is 0 Å². The van der Waals surface area contributed by atoms with Crippen molar-refractivity contribution in [3.8, 4) is 39.5 Å². The maximum Gasteiger partial charge on any atom is 0 e. The van der Waals surface area contributed by atoms with Crippen molar-refractivity contribution in [1.29, 1.82) is 0 Å². The Morgan fingerprint density at radius 1 is 0.766 bits per heavy atom. The summed E-state index contributed by atoms with van der Waals surface area (Å²) < 4.78 is 27.2. The number of aromatic nitrogens is 4. The molecular formula is C57H54GeIrN4O-2. The van der Waals surface area contributed by atoms with Crippen LogP contribution in [0, 0.1) is 25.0 Å². The second-order valence-electron chi connectivity index (χ2n) is 18.7. The van der Waals surface area contributed by atoms with E-state index in [-0.39, 0.29) is 31.4 Å². The quantitative estimate of drug-likeness (QED) is 0.118. The van der Waals surface area contributed by atoms with Gasteiger partial charge in [0.05, 0.1) is 28.1 Å². The number of para-hydroxylation sites is 2. The first-order chi connectivity index (χ1) is 31.0. The summed E-state index contributed by atoms with van der Waals surface area (Å²) in [5.74, 6) is 7.58. The van der Waals surface area contributed by atoms with Crippen LogP contribution in [0.2, 0.25) is 17.3 Å². The van der Waals surface area contributed by atoms with Crippen LogP contribution >= 0.6 is 0 Å². The summed E-state index contributed by atoms with van der Waals surface area (Å²) in [7, 11) is 0. The Labute approximate surface area is 396 Å². The molecule has 0 unspecified atom stereocenters. The minimum atomic E-state index is -2.25. The van der Waals surface area contributed by atoms with Crippen molar-refractivity contribution in [1.82, 2.24) is 19.5 Å². The molecule has 4 heterocycles. The number of fused-ring (bicyclic) bond motifs is 5. The maximum atomic E-state index is 8.70. The number of imidazole rings is 1. The van der Waals surface area contributed by atoms with Crippen LogP contribution < -0.4 is 4.40 Å². The zero-order valence-corrected chi connectivity index (χ0v) is 42.5. The van der Waals surface area contributed by atoms with Gasteiger partial charge in [-0.15, -0.1) is 18.2 Å². The van der Waals surface area contributed by atoms with Crippen molar-refractivity contribution in [3.05, 3.63) is 175 Å². The molecular weight excluding hydrogens is 1020 g/mol. The molecule has 5 nitrogen and oxygen atoms in total. The smallest absolute Gasteiger partial charge is 0 e. The molecule has 6 aromatic carbocycles. The molecule has 0 fully saturated rings. The molecule has 4 aromatic heterocycles. The molecule has 0 amide bonds. The number of nitrogens with zero attached hydrogens (tertiary/aromatic N) is 4. The molecule has 323 valence electrons. The average molecular weight is 1080 g/mol. The van der Waals surface area contributed by atoms with Gasteiger partial charge in [-0.1, -0.05) is 89.8 Å². The number of hydrogen-bond donors (Lipinski definition) is 0. The molecule has 0 bridgehead atoms.